The Morgan fingerprint density at radius 2 is 2.07 bits per heavy atom. The molecule has 0 amide bonds. The monoisotopic (exact) mass is 214 g/mol. The van der Waals surface area contributed by atoms with E-state index in [0.29, 0.717) is 12.5 Å². The molecule has 0 bridgehead atoms. The third-order valence-electron chi connectivity index (χ3n) is 1.85. The van der Waals surface area contributed by atoms with Crippen molar-refractivity contribution in [3.05, 3.63) is 23.8 Å². The quantitative estimate of drug-likeness (QED) is 0.554. The maximum absolute atomic E-state index is 5.56. The Morgan fingerprint density at radius 3 is 2.71 bits per heavy atom. The molecule has 0 saturated carbocycles. The average Bonchev–Trinajstić information content (AvgIpc) is 2.20. The predicted octanol–water partition coefficient (Wildman–Crippen LogP) is 3.01. The number of alkyl halides is 1. The summed E-state index contributed by atoms with van der Waals surface area (Å²) in [5.41, 5.74) is 1.16. The van der Waals surface area contributed by atoms with Gasteiger partial charge in [-0.25, -0.2) is 0 Å². The van der Waals surface area contributed by atoms with Gasteiger partial charge in [-0.3, -0.25) is 0 Å². The van der Waals surface area contributed by atoms with Gasteiger partial charge in [0.25, 0.3) is 0 Å². The Morgan fingerprint density at radius 1 is 1.29 bits per heavy atom. The molecule has 1 aromatic carbocycles. The van der Waals surface area contributed by atoms with Crippen LogP contribution in [0.2, 0.25) is 0 Å². The number of methoxy groups -OCH3 is 1. The van der Waals surface area contributed by atoms with E-state index < -0.39 is 0 Å². The highest BCUT2D eigenvalue weighted by molar-refractivity contribution is 6.17. The van der Waals surface area contributed by atoms with E-state index in [-0.39, 0.29) is 0 Å². The summed E-state index contributed by atoms with van der Waals surface area (Å²) in [6.45, 7) is 2.65. The molecule has 0 aromatic heterocycles. The molecule has 78 valence electrons. The summed E-state index contributed by atoms with van der Waals surface area (Å²) in [5, 5.41) is 0. The highest BCUT2D eigenvalue weighted by Gasteiger charge is 2.03. The van der Waals surface area contributed by atoms with Crippen LogP contribution in [0.1, 0.15) is 12.0 Å². The average molecular weight is 215 g/mol. The lowest BCUT2D eigenvalue weighted by molar-refractivity contribution is 0.295. The number of ether oxygens (including phenoxy) is 2. The van der Waals surface area contributed by atoms with Crippen molar-refractivity contribution in [2.45, 2.75) is 13.3 Å². The number of rotatable bonds is 5. The lowest BCUT2D eigenvalue weighted by Crippen LogP contribution is -1.99. The third-order valence-corrected chi connectivity index (χ3v) is 2.12. The highest BCUT2D eigenvalue weighted by Crippen LogP contribution is 2.27. The van der Waals surface area contributed by atoms with Crippen molar-refractivity contribution >= 4 is 11.6 Å². The standard InChI is InChI=1S/C11H15ClO2/c1-9-4-5-10(11(8-9)13-2)14-7-3-6-12/h4-5,8H,3,6-7H2,1-2H3. The van der Waals surface area contributed by atoms with Gasteiger partial charge < -0.3 is 9.47 Å². The van der Waals surface area contributed by atoms with Gasteiger partial charge in [0.15, 0.2) is 11.5 Å². The topological polar surface area (TPSA) is 18.5 Å². The van der Waals surface area contributed by atoms with Crippen LogP contribution >= 0.6 is 11.6 Å². The van der Waals surface area contributed by atoms with Gasteiger partial charge in [-0.2, -0.15) is 0 Å². The number of aryl methyl sites for hydroxylation is 1. The van der Waals surface area contributed by atoms with Crippen LogP contribution in [0.3, 0.4) is 0 Å². The zero-order chi connectivity index (χ0) is 10.4. The van der Waals surface area contributed by atoms with Crippen LogP contribution in [0.15, 0.2) is 18.2 Å². The molecule has 14 heavy (non-hydrogen) atoms. The van der Waals surface area contributed by atoms with E-state index in [1.54, 1.807) is 7.11 Å². The highest BCUT2D eigenvalue weighted by atomic mass is 35.5. The van der Waals surface area contributed by atoms with E-state index in [4.69, 9.17) is 21.1 Å². The van der Waals surface area contributed by atoms with E-state index >= 15 is 0 Å². The Labute approximate surface area is 89.8 Å². The number of hydrogen-bond donors (Lipinski definition) is 0. The minimum absolute atomic E-state index is 0.619. The van der Waals surface area contributed by atoms with Crippen molar-refractivity contribution in [1.29, 1.82) is 0 Å². The smallest absolute Gasteiger partial charge is 0.161 e. The molecule has 2 nitrogen and oxygen atoms in total. The van der Waals surface area contributed by atoms with Crippen LogP contribution in [-0.2, 0) is 0 Å². The largest absolute Gasteiger partial charge is 0.493 e. The van der Waals surface area contributed by atoms with Gasteiger partial charge in [-0.05, 0) is 31.0 Å². The van der Waals surface area contributed by atoms with Gasteiger partial charge in [0.05, 0.1) is 13.7 Å². The van der Waals surface area contributed by atoms with Gasteiger partial charge in [0.1, 0.15) is 0 Å². The van der Waals surface area contributed by atoms with Crippen molar-refractivity contribution in [3.63, 3.8) is 0 Å². The molecular weight excluding hydrogens is 200 g/mol. The fourth-order valence-electron chi connectivity index (χ4n) is 1.13. The fourth-order valence-corrected chi connectivity index (χ4v) is 1.24. The van der Waals surface area contributed by atoms with E-state index in [1.807, 2.05) is 25.1 Å². The van der Waals surface area contributed by atoms with Crippen molar-refractivity contribution in [3.8, 4) is 11.5 Å². The first-order valence-corrected chi connectivity index (χ1v) is 5.14. The third kappa shape index (κ3) is 3.11. The van der Waals surface area contributed by atoms with Crippen molar-refractivity contribution in [2.75, 3.05) is 19.6 Å². The van der Waals surface area contributed by atoms with Crippen LogP contribution in [-0.4, -0.2) is 19.6 Å². The first-order valence-electron chi connectivity index (χ1n) is 4.61. The van der Waals surface area contributed by atoms with Gasteiger partial charge in [-0.1, -0.05) is 6.07 Å². The van der Waals surface area contributed by atoms with E-state index in [0.717, 1.165) is 23.5 Å². The van der Waals surface area contributed by atoms with Crippen LogP contribution in [0.25, 0.3) is 0 Å². The summed E-state index contributed by atoms with van der Waals surface area (Å²) in [6.07, 6.45) is 0.846. The molecule has 1 aromatic rings. The fraction of sp³-hybridized carbons (Fsp3) is 0.455. The number of halogens is 1. The Bertz CT molecular complexity index is 287. The molecule has 0 unspecified atom stereocenters. The maximum Gasteiger partial charge on any atom is 0.161 e. The zero-order valence-electron chi connectivity index (χ0n) is 8.55. The van der Waals surface area contributed by atoms with E-state index in [9.17, 15) is 0 Å². The zero-order valence-corrected chi connectivity index (χ0v) is 9.30. The lowest BCUT2D eigenvalue weighted by atomic mass is 10.2. The van der Waals surface area contributed by atoms with Crippen molar-refractivity contribution in [2.24, 2.45) is 0 Å². The number of benzene rings is 1. The first-order chi connectivity index (χ1) is 6.77. The summed E-state index contributed by atoms with van der Waals surface area (Å²) < 4.78 is 10.7. The molecule has 0 aliphatic carbocycles. The molecule has 0 aliphatic rings. The lowest BCUT2D eigenvalue weighted by Gasteiger charge is -2.10. The number of hydrogen-bond acceptors (Lipinski definition) is 2. The molecule has 0 radical (unpaired) electrons. The maximum atomic E-state index is 5.56. The van der Waals surface area contributed by atoms with Gasteiger partial charge in [-0.15, -0.1) is 11.6 Å². The Balaban J connectivity index is 2.65. The summed E-state index contributed by atoms with van der Waals surface area (Å²) in [5.74, 6) is 2.18. The molecular formula is C11H15ClO2. The van der Waals surface area contributed by atoms with Crippen LogP contribution in [0, 0.1) is 6.92 Å². The Hall–Kier alpha value is -0.890. The first kappa shape index (κ1) is 11.2. The molecule has 0 heterocycles. The second kappa shape index (κ2) is 5.76. The second-order valence-electron chi connectivity index (χ2n) is 3.05. The summed E-state index contributed by atoms with van der Waals surface area (Å²) in [6, 6.07) is 5.87. The van der Waals surface area contributed by atoms with E-state index in [1.165, 1.54) is 0 Å². The molecule has 3 heteroatoms. The van der Waals surface area contributed by atoms with Crippen molar-refractivity contribution in [1.82, 2.24) is 0 Å². The van der Waals surface area contributed by atoms with Crippen LogP contribution in [0.5, 0.6) is 11.5 Å². The summed E-state index contributed by atoms with van der Waals surface area (Å²) >= 11 is 5.56. The summed E-state index contributed by atoms with van der Waals surface area (Å²) in [4.78, 5) is 0. The van der Waals surface area contributed by atoms with Gasteiger partial charge >= 0.3 is 0 Å². The molecule has 0 fully saturated rings. The molecule has 1 rings (SSSR count). The second-order valence-corrected chi connectivity index (χ2v) is 3.42. The predicted molar refractivity (Wildman–Crippen MR) is 58.6 cm³/mol. The Kier molecular flexibility index (Phi) is 4.60. The summed E-state index contributed by atoms with van der Waals surface area (Å²) in [7, 11) is 1.64. The normalized spacial score (nSPS) is 9.93. The van der Waals surface area contributed by atoms with Gasteiger partial charge in [0, 0.05) is 5.88 Å². The minimum atomic E-state index is 0.619. The van der Waals surface area contributed by atoms with Crippen molar-refractivity contribution < 1.29 is 9.47 Å². The molecule has 0 aliphatic heterocycles. The SMILES string of the molecule is COc1cc(C)ccc1OCCCCl. The van der Waals surface area contributed by atoms with E-state index in [2.05, 4.69) is 0 Å². The molecule has 0 atom stereocenters. The molecule has 0 N–H and O–H groups in total. The molecule has 0 saturated heterocycles. The minimum Gasteiger partial charge on any atom is -0.493 e. The van der Waals surface area contributed by atoms with Gasteiger partial charge in [0.2, 0.25) is 0 Å². The molecule has 0 spiro atoms. The van der Waals surface area contributed by atoms with Crippen LogP contribution in [0.4, 0.5) is 0 Å². The van der Waals surface area contributed by atoms with Crippen LogP contribution < -0.4 is 9.47 Å².